The Hall–Kier alpha value is -1.53. The van der Waals surface area contributed by atoms with Crippen LogP contribution in [0.3, 0.4) is 0 Å². The molecule has 2 heterocycles. The Morgan fingerprint density at radius 3 is 2.62 bits per heavy atom. The second kappa shape index (κ2) is 8.53. The van der Waals surface area contributed by atoms with Crippen LogP contribution in [0.2, 0.25) is 0 Å². The third-order valence-electron chi connectivity index (χ3n) is 4.60. The Balaban J connectivity index is 1.41. The van der Waals surface area contributed by atoms with Gasteiger partial charge in [-0.1, -0.05) is 18.2 Å². The summed E-state index contributed by atoms with van der Waals surface area (Å²) in [6.45, 7) is 2.40. The first kappa shape index (κ1) is 17.3. The first-order valence-electron chi connectivity index (χ1n) is 8.67. The van der Waals surface area contributed by atoms with E-state index in [2.05, 4.69) is 10.6 Å². The van der Waals surface area contributed by atoms with E-state index in [0.717, 1.165) is 36.5 Å². The lowest BCUT2D eigenvalue weighted by Gasteiger charge is -2.33. The Morgan fingerprint density at radius 2 is 1.96 bits per heavy atom. The van der Waals surface area contributed by atoms with Crippen molar-refractivity contribution in [2.45, 2.75) is 31.3 Å². The molecule has 2 saturated heterocycles. The van der Waals surface area contributed by atoms with E-state index in [1.165, 1.54) is 0 Å². The average molecular weight is 347 g/mol. The maximum atomic E-state index is 12.4. The van der Waals surface area contributed by atoms with Crippen molar-refractivity contribution >= 4 is 23.6 Å². The number of benzene rings is 1. The number of rotatable bonds is 4. The van der Waals surface area contributed by atoms with Gasteiger partial charge in [-0.3, -0.25) is 9.59 Å². The minimum atomic E-state index is 0.0869. The number of thioether (sulfide) groups is 1. The third-order valence-corrected chi connectivity index (χ3v) is 5.73. The molecule has 1 aromatic carbocycles. The Bertz CT molecular complexity index is 553. The Kier molecular flexibility index (Phi) is 6.15. The summed E-state index contributed by atoms with van der Waals surface area (Å²) in [5, 5.41) is 6.53. The highest BCUT2D eigenvalue weighted by molar-refractivity contribution is 7.99. The van der Waals surface area contributed by atoms with E-state index in [4.69, 9.17) is 0 Å². The molecule has 2 aliphatic rings. The number of hydrogen-bond acceptors (Lipinski definition) is 4. The number of hydrogen-bond donors (Lipinski definition) is 2. The molecule has 2 amide bonds. The number of nitrogens with zero attached hydrogens (tertiary/aromatic N) is 1. The van der Waals surface area contributed by atoms with Gasteiger partial charge in [-0.05, 0) is 25.0 Å². The molecule has 0 saturated carbocycles. The molecule has 1 atom stereocenters. The molecule has 3 rings (SSSR count). The first-order chi connectivity index (χ1) is 11.7. The Labute approximate surface area is 147 Å². The maximum Gasteiger partial charge on any atom is 0.253 e. The minimum absolute atomic E-state index is 0.0869. The third kappa shape index (κ3) is 4.74. The highest BCUT2D eigenvalue weighted by atomic mass is 32.2. The molecular weight excluding hydrogens is 322 g/mol. The topological polar surface area (TPSA) is 61.4 Å². The second-order valence-electron chi connectivity index (χ2n) is 6.43. The predicted molar refractivity (Wildman–Crippen MR) is 97.2 cm³/mol. The second-order valence-corrected chi connectivity index (χ2v) is 7.58. The summed E-state index contributed by atoms with van der Waals surface area (Å²) < 4.78 is 0. The molecule has 130 valence electrons. The molecule has 2 N–H and O–H groups in total. The summed E-state index contributed by atoms with van der Waals surface area (Å²) >= 11 is 1.91. The van der Waals surface area contributed by atoms with E-state index in [9.17, 15) is 9.59 Å². The zero-order chi connectivity index (χ0) is 16.8. The number of piperidine rings is 1. The van der Waals surface area contributed by atoms with Crippen molar-refractivity contribution in [1.82, 2.24) is 15.5 Å². The van der Waals surface area contributed by atoms with Crippen LogP contribution >= 0.6 is 11.8 Å². The fraction of sp³-hybridized carbons (Fsp3) is 0.556. The van der Waals surface area contributed by atoms with Crippen molar-refractivity contribution in [2.75, 3.05) is 31.1 Å². The van der Waals surface area contributed by atoms with Gasteiger partial charge in [-0.25, -0.2) is 0 Å². The number of likely N-dealkylation sites (tertiary alicyclic amines) is 1. The van der Waals surface area contributed by atoms with Crippen LogP contribution in [0.5, 0.6) is 0 Å². The Morgan fingerprint density at radius 1 is 1.21 bits per heavy atom. The van der Waals surface area contributed by atoms with E-state index >= 15 is 0 Å². The van der Waals surface area contributed by atoms with Crippen LogP contribution < -0.4 is 10.6 Å². The van der Waals surface area contributed by atoms with Gasteiger partial charge in [0, 0.05) is 55.2 Å². The van der Waals surface area contributed by atoms with Gasteiger partial charge in [0.2, 0.25) is 5.91 Å². The van der Waals surface area contributed by atoms with Crippen molar-refractivity contribution in [3.8, 4) is 0 Å². The molecule has 2 aliphatic heterocycles. The van der Waals surface area contributed by atoms with Gasteiger partial charge in [-0.15, -0.1) is 0 Å². The lowest BCUT2D eigenvalue weighted by molar-refractivity contribution is -0.122. The smallest absolute Gasteiger partial charge is 0.253 e. The largest absolute Gasteiger partial charge is 0.353 e. The van der Waals surface area contributed by atoms with E-state index in [-0.39, 0.29) is 17.9 Å². The van der Waals surface area contributed by atoms with Crippen LogP contribution in [0.1, 0.15) is 29.6 Å². The summed E-state index contributed by atoms with van der Waals surface area (Å²) in [7, 11) is 0. The molecule has 0 aromatic heterocycles. The van der Waals surface area contributed by atoms with Gasteiger partial charge < -0.3 is 15.5 Å². The van der Waals surface area contributed by atoms with Gasteiger partial charge in [0.1, 0.15) is 0 Å². The van der Waals surface area contributed by atoms with Gasteiger partial charge >= 0.3 is 0 Å². The lowest BCUT2D eigenvalue weighted by Crippen LogP contribution is -2.48. The highest BCUT2D eigenvalue weighted by Crippen LogP contribution is 2.15. The number of nitrogens with one attached hydrogen (secondary N) is 2. The number of amides is 2. The number of carbonyl (C=O) groups excluding carboxylic acids is 2. The van der Waals surface area contributed by atoms with E-state index < -0.39 is 0 Å². The van der Waals surface area contributed by atoms with Gasteiger partial charge in [0.25, 0.3) is 5.91 Å². The molecule has 0 spiro atoms. The van der Waals surface area contributed by atoms with Crippen LogP contribution in [-0.4, -0.2) is 59.9 Å². The summed E-state index contributed by atoms with van der Waals surface area (Å²) in [6.07, 6.45) is 2.21. The van der Waals surface area contributed by atoms with Crippen molar-refractivity contribution < 1.29 is 9.59 Å². The van der Waals surface area contributed by atoms with E-state index in [1.807, 2.05) is 47.0 Å². The molecule has 5 nitrogen and oxygen atoms in total. The molecule has 0 radical (unpaired) electrons. The minimum Gasteiger partial charge on any atom is -0.353 e. The quantitative estimate of drug-likeness (QED) is 0.867. The summed E-state index contributed by atoms with van der Waals surface area (Å²) in [4.78, 5) is 26.5. The monoisotopic (exact) mass is 347 g/mol. The molecule has 1 unspecified atom stereocenters. The van der Waals surface area contributed by atoms with Crippen molar-refractivity contribution in [1.29, 1.82) is 0 Å². The normalized spacial score (nSPS) is 22.2. The predicted octanol–water partition coefficient (Wildman–Crippen LogP) is 1.50. The van der Waals surface area contributed by atoms with Crippen LogP contribution in [0.4, 0.5) is 0 Å². The molecule has 1 aromatic rings. The van der Waals surface area contributed by atoms with Crippen LogP contribution in [0, 0.1) is 0 Å². The van der Waals surface area contributed by atoms with Gasteiger partial charge in [0.05, 0.1) is 0 Å². The molecule has 24 heavy (non-hydrogen) atoms. The average Bonchev–Trinajstić information content (AvgIpc) is 2.63. The highest BCUT2D eigenvalue weighted by Gasteiger charge is 2.25. The maximum absolute atomic E-state index is 12.4. The fourth-order valence-corrected chi connectivity index (χ4v) is 4.20. The van der Waals surface area contributed by atoms with Crippen molar-refractivity contribution in [3.63, 3.8) is 0 Å². The SMILES string of the molecule is O=C(CC1CSCCN1)NC1CCN(C(=O)c2ccccc2)CC1. The molecule has 0 aliphatic carbocycles. The van der Waals surface area contributed by atoms with E-state index in [0.29, 0.717) is 25.6 Å². The van der Waals surface area contributed by atoms with Crippen LogP contribution in [0.25, 0.3) is 0 Å². The van der Waals surface area contributed by atoms with E-state index in [1.54, 1.807) is 0 Å². The molecular formula is C18H25N3O2S. The fourth-order valence-electron chi connectivity index (χ4n) is 3.25. The van der Waals surface area contributed by atoms with Gasteiger partial charge in [0.15, 0.2) is 0 Å². The van der Waals surface area contributed by atoms with Crippen LogP contribution in [0.15, 0.2) is 30.3 Å². The summed E-state index contributed by atoms with van der Waals surface area (Å²) in [5.74, 6) is 2.36. The summed E-state index contributed by atoms with van der Waals surface area (Å²) in [5.41, 5.74) is 0.737. The van der Waals surface area contributed by atoms with Crippen LogP contribution in [-0.2, 0) is 4.79 Å². The standard InChI is InChI=1S/C18H25N3O2S/c22-17(12-16-13-24-11-8-19-16)20-15-6-9-21(10-7-15)18(23)14-4-2-1-3-5-14/h1-5,15-16,19H,6-13H2,(H,20,22). The van der Waals surface area contributed by atoms with Crippen molar-refractivity contribution in [2.24, 2.45) is 0 Å². The molecule has 2 fully saturated rings. The first-order valence-corrected chi connectivity index (χ1v) is 9.82. The zero-order valence-electron chi connectivity index (χ0n) is 13.9. The van der Waals surface area contributed by atoms with Gasteiger partial charge in [-0.2, -0.15) is 11.8 Å². The molecule has 6 heteroatoms. The zero-order valence-corrected chi connectivity index (χ0v) is 14.7. The number of carbonyl (C=O) groups is 2. The van der Waals surface area contributed by atoms with Crippen molar-refractivity contribution in [3.05, 3.63) is 35.9 Å². The lowest BCUT2D eigenvalue weighted by atomic mass is 10.0. The summed E-state index contributed by atoms with van der Waals surface area (Å²) in [6, 6.07) is 9.88. The molecule has 0 bridgehead atoms.